The summed E-state index contributed by atoms with van der Waals surface area (Å²) in [6.07, 6.45) is 4.30. The normalized spacial score (nSPS) is 18.9. The molecule has 0 bridgehead atoms. The summed E-state index contributed by atoms with van der Waals surface area (Å²) in [7, 11) is 2.14. The number of hydrogen-bond donors (Lipinski definition) is 1. The molecule has 1 aliphatic heterocycles. The van der Waals surface area contributed by atoms with E-state index in [9.17, 15) is 0 Å². The highest BCUT2D eigenvalue weighted by atomic mass is 32.2. The maximum absolute atomic E-state index is 7.73. The van der Waals surface area contributed by atoms with Gasteiger partial charge in [-0.1, -0.05) is 12.7 Å². The Morgan fingerprint density at radius 3 is 2.38 bits per heavy atom. The second-order valence-electron chi connectivity index (χ2n) is 4.28. The van der Waals surface area contributed by atoms with E-state index < -0.39 is 0 Å². The van der Waals surface area contributed by atoms with Gasteiger partial charge in [-0.2, -0.15) is 11.8 Å². The van der Waals surface area contributed by atoms with Crippen LogP contribution >= 0.6 is 11.8 Å². The Kier molecular flexibility index (Phi) is 5.13. The van der Waals surface area contributed by atoms with Gasteiger partial charge in [-0.15, -0.1) is 0 Å². The van der Waals surface area contributed by atoms with Gasteiger partial charge in [0.25, 0.3) is 0 Å². The van der Waals surface area contributed by atoms with Crippen molar-refractivity contribution in [2.24, 2.45) is 0 Å². The molecule has 0 aromatic rings. The van der Waals surface area contributed by atoms with Crippen molar-refractivity contribution < 1.29 is 0 Å². The van der Waals surface area contributed by atoms with Crippen LogP contribution in [0.2, 0.25) is 0 Å². The number of thioether (sulfide) groups is 1. The van der Waals surface area contributed by atoms with Gasteiger partial charge in [0.1, 0.15) is 0 Å². The quantitative estimate of drug-likeness (QED) is 0.601. The summed E-state index contributed by atoms with van der Waals surface area (Å²) in [6, 6.07) is 0.635. The molecule has 0 aromatic carbocycles. The standard InChI is InChI=1S/C13H22N2S/c1-5-13(10(2)14)11(3)15(4)12-6-8-16-9-7-12/h5,12,14H,1,6-9H2,2-4H3/b13-11+,14-10?. The molecule has 1 N–H and O–H groups in total. The average Bonchev–Trinajstić information content (AvgIpc) is 2.29. The fraction of sp³-hybridized carbons (Fsp3) is 0.615. The predicted octanol–water partition coefficient (Wildman–Crippen LogP) is 3.31. The van der Waals surface area contributed by atoms with Crippen LogP contribution < -0.4 is 0 Å². The van der Waals surface area contributed by atoms with Crippen LogP contribution in [0.25, 0.3) is 0 Å². The lowest BCUT2D eigenvalue weighted by atomic mass is 10.1. The molecular weight excluding hydrogens is 216 g/mol. The molecule has 0 unspecified atom stereocenters. The zero-order valence-electron chi connectivity index (χ0n) is 10.5. The Morgan fingerprint density at radius 2 is 1.94 bits per heavy atom. The van der Waals surface area contributed by atoms with E-state index in [2.05, 4.69) is 25.5 Å². The number of allylic oxidation sites excluding steroid dienone is 3. The maximum Gasteiger partial charge on any atom is 0.0372 e. The van der Waals surface area contributed by atoms with E-state index in [0.717, 1.165) is 5.57 Å². The Bertz CT molecular complexity index is 301. The van der Waals surface area contributed by atoms with Gasteiger partial charge in [0.2, 0.25) is 0 Å². The molecule has 0 saturated carbocycles. The zero-order chi connectivity index (χ0) is 12.1. The second kappa shape index (κ2) is 6.14. The van der Waals surface area contributed by atoms with Crippen LogP contribution in [0, 0.1) is 5.41 Å². The van der Waals surface area contributed by atoms with Gasteiger partial charge in [-0.3, -0.25) is 0 Å². The monoisotopic (exact) mass is 238 g/mol. The summed E-state index contributed by atoms with van der Waals surface area (Å²) in [6.45, 7) is 7.72. The topological polar surface area (TPSA) is 27.1 Å². The van der Waals surface area contributed by atoms with Crippen LogP contribution in [0.4, 0.5) is 0 Å². The van der Waals surface area contributed by atoms with Crippen molar-refractivity contribution in [1.82, 2.24) is 4.90 Å². The first-order valence-corrected chi connectivity index (χ1v) is 6.92. The minimum atomic E-state index is 0.601. The second-order valence-corrected chi connectivity index (χ2v) is 5.51. The SMILES string of the molecule is C=C/C(C(C)=N)=C(/C)N(C)C1CCSCC1. The summed E-state index contributed by atoms with van der Waals surface area (Å²) in [4.78, 5) is 2.33. The van der Waals surface area contributed by atoms with Crippen molar-refractivity contribution in [2.45, 2.75) is 32.7 Å². The third kappa shape index (κ3) is 3.14. The molecular formula is C13H22N2S. The highest BCUT2D eigenvalue weighted by Gasteiger charge is 2.19. The number of nitrogens with zero attached hydrogens (tertiary/aromatic N) is 1. The van der Waals surface area contributed by atoms with Gasteiger partial charge in [-0.05, 0) is 38.2 Å². The van der Waals surface area contributed by atoms with Gasteiger partial charge in [0.15, 0.2) is 0 Å². The Hall–Kier alpha value is -0.700. The summed E-state index contributed by atoms with van der Waals surface area (Å²) < 4.78 is 0. The largest absolute Gasteiger partial charge is 0.375 e. The molecule has 1 rings (SSSR count). The molecule has 0 amide bonds. The highest BCUT2D eigenvalue weighted by molar-refractivity contribution is 7.99. The molecule has 1 heterocycles. The summed E-state index contributed by atoms with van der Waals surface area (Å²) in [5, 5.41) is 7.73. The van der Waals surface area contributed by atoms with Crippen molar-refractivity contribution in [3.63, 3.8) is 0 Å². The van der Waals surface area contributed by atoms with Crippen LogP contribution in [-0.4, -0.2) is 35.2 Å². The van der Waals surface area contributed by atoms with Crippen LogP contribution in [-0.2, 0) is 0 Å². The molecule has 16 heavy (non-hydrogen) atoms. The molecule has 0 atom stereocenters. The molecule has 0 aromatic heterocycles. The number of rotatable bonds is 4. The third-order valence-electron chi connectivity index (χ3n) is 3.27. The first-order chi connectivity index (χ1) is 7.57. The predicted molar refractivity (Wildman–Crippen MR) is 74.4 cm³/mol. The molecule has 0 spiro atoms. The fourth-order valence-electron chi connectivity index (χ4n) is 2.11. The Labute approximate surface area is 103 Å². The van der Waals surface area contributed by atoms with Crippen molar-refractivity contribution in [3.8, 4) is 0 Å². The molecule has 1 saturated heterocycles. The van der Waals surface area contributed by atoms with E-state index in [1.165, 1.54) is 30.0 Å². The lowest BCUT2D eigenvalue weighted by Crippen LogP contribution is -2.34. The Balaban J connectivity index is 2.81. The number of nitrogens with one attached hydrogen (secondary N) is 1. The van der Waals surface area contributed by atoms with Gasteiger partial charge in [0, 0.05) is 30.1 Å². The summed E-state index contributed by atoms with van der Waals surface area (Å²) >= 11 is 2.04. The smallest absolute Gasteiger partial charge is 0.0372 e. The Morgan fingerprint density at radius 1 is 1.38 bits per heavy atom. The zero-order valence-corrected chi connectivity index (χ0v) is 11.4. The van der Waals surface area contributed by atoms with E-state index in [-0.39, 0.29) is 0 Å². The molecule has 90 valence electrons. The van der Waals surface area contributed by atoms with Crippen molar-refractivity contribution in [3.05, 3.63) is 23.9 Å². The maximum atomic E-state index is 7.73. The highest BCUT2D eigenvalue weighted by Crippen LogP contribution is 2.24. The molecule has 3 heteroatoms. The van der Waals surface area contributed by atoms with Gasteiger partial charge in [0.05, 0.1) is 0 Å². The minimum Gasteiger partial charge on any atom is -0.375 e. The van der Waals surface area contributed by atoms with E-state index in [4.69, 9.17) is 5.41 Å². The van der Waals surface area contributed by atoms with E-state index in [1.807, 2.05) is 18.7 Å². The average molecular weight is 238 g/mol. The van der Waals surface area contributed by atoms with Crippen LogP contribution in [0.15, 0.2) is 23.9 Å². The van der Waals surface area contributed by atoms with E-state index >= 15 is 0 Å². The fourth-order valence-corrected chi connectivity index (χ4v) is 3.19. The lowest BCUT2D eigenvalue weighted by molar-refractivity contribution is 0.286. The van der Waals surface area contributed by atoms with E-state index in [1.54, 1.807) is 6.08 Å². The summed E-state index contributed by atoms with van der Waals surface area (Å²) in [5.41, 5.74) is 2.75. The third-order valence-corrected chi connectivity index (χ3v) is 4.31. The van der Waals surface area contributed by atoms with E-state index in [0.29, 0.717) is 11.8 Å². The first-order valence-electron chi connectivity index (χ1n) is 5.77. The van der Waals surface area contributed by atoms with Crippen LogP contribution in [0.5, 0.6) is 0 Å². The number of hydrogen-bond acceptors (Lipinski definition) is 3. The first kappa shape index (κ1) is 13.4. The van der Waals surface area contributed by atoms with Crippen molar-refractivity contribution >= 4 is 17.5 Å². The van der Waals surface area contributed by atoms with Crippen molar-refractivity contribution in [2.75, 3.05) is 18.6 Å². The van der Waals surface area contributed by atoms with Gasteiger partial charge >= 0.3 is 0 Å². The minimum absolute atomic E-state index is 0.601. The van der Waals surface area contributed by atoms with Crippen LogP contribution in [0.3, 0.4) is 0 Å². The molecule has 1 aliphatic rings. The molecule has 1 fully saturated rings. The van der Waals surface area contributed by atoms with Crippen LogP contribution in [0.1, 0.15) is 26.7 Å². The van der Waals surface area contributed by atoms with Crippen molar-refractivity contribution in [1.29, 1.82) is 5.41 Å². The van der Waals surface area contributed by atoms with Gasteiger partial charge < -0.3 is 10.3 Å². The molecule has 0 radical (unpaired) electrons. The summed E-state index contributed by atoms with van der Waals surface area (Å²) in [5.74, 6) is 2.52. The molecule has 0 aliphatic carbocycles. The molecule has 2 nitrogen and oxygen atoms in total. The van der Waals surface area contributed by atoms with Gasteiger partial charge in [-0.25, -0.2) is 0 Å². The lowest BCUT2D eigenvalue weighted by Gasteiger charge is -2.34.